The van der Waals surface area contributed by atoms with Gasteiger partial charge in [-0.2, -0.15) is 4.98 Å². The summed E-state index contributed by atoms with van der Waals surface area (Å²) in [4.78, 5) is 12.2. The Labute approximate surface area is 109 Å². The van der Waals surface area contributed by atoms with Crippen molar-refractivity contribution in [2.75, 3.05) is 0 Å². The number of hydrogen-bond acceptors (Lipinski definition) is 4. The second-order valence-corrected chi connectivity index (χ2v) is 4.23. The molecule has 0 aliphatic carbocycles. The molecule has 0 fully saturated rings. The van der Waals surface area contributed by atoms with Crippen molar-refractivity contribution < 1.29 is 9.50 Å². The number of pyridine rings is 1. The molecule has 0 aliphatic heterocycles. The highest BCUT2D eigenvalue weighted by Gasteiger charge is 2.10. The first-order valence-corrected chi connectivity index (χ1v) is 5.72. The summed E-state index contributed by atoms with van der Waals surface area (Å²) in [6.45, 7) is 0. The van der Waals surface area contributed by atoms with Gasteiger partial charge in [0.05, 0.1) is 10.9 Å². The summed E-state index contributed by atoms with van der Waals surface area (Å²) in [5.41, 5.74) is 1.48. The lowest BCUT2D eigenvalue weighted by atomic mass is 9.94. The van der Waals surface area contributed by atoms with E-state index in [1.807, 2.05) is 0 Å². The van der Waals surface area contributed by atoms with Crippen molar-refractivity contribution in [3.63, 3.8) is 0 Å². The zero-order valence-electron chi connectivity index (χ0n) is 10.1. The Balaban J connectivity index is 2.28. The smallest absolute Gasteiger partial charge is 0.222 e. The standard InChI is InChI=1S/C13H9BFN3O/c14-9-4-8-11(5-10(9)15)17-12(18-13(8)19)7-2-1-3-16-6-7/h1-6H,14H2,(H,17,18,19). The van der Waals surface area contributed by atoms with Gasteiger partial charge in [0.15, 0.2) is 5.82 Å². The maximum atomic E-state index is 13.6. The summed E-state index contributed by atoms with van der Waals surface area (Å²) >= 11 is 0. The molecule has 19 heavy (non-hydrogen) atoms. The van der Waals surface area contributed by atoms with Crippen LogP contribution in [0.5, 0.6) is 5.88 Å². The normalized spacial score (nSPS) is 10.8. The molecule has 0 unspecified atom stereocenters. The zero-order valence-corrected chi connectivity index (χ0v) is 10.1. The van der Waals surface area contributed by atoms with Crippen LogP contribution < -0.4 is 5.46 Å². The molecule has 2 heterocycles. The first-order valence-electron chi connectivity index (χ1n) is 5.72. The zero-order chi connectivity index (χ0) is 13.4. The number of aromatic nitrogens is 3. The molecule has 3 aromatic rings. The summed E-state index contributed by atoms with van der Waals surface area (Å²) in [5.74, 6) is -0.198. The van der Waals surface area contributed by atoms with E-state index in [4.69, 9.17) is 0 Å². The number of fused-ring (bicyclic) bond motifs is 1. The maximum absolute atomic E-state index is 13.6. The number of aromatic hydroxyl groups is 1. The van der Waals surface area contributed by atoms with E-state index in [9.17, 15) is 9.50 Å². The van der Waals surface area contributed by atoms with E-state index in [1.54, 1.807) is 32.4 Å². The van der Waals surface area contributed by atoms with Crippen molar-refractivity contribution in [1.82, 2.24) is 15.0 Å². The Kier molecular flexibility index (Phi) is 2.63. The molecule has 3 rings (SSSR count). The van der Waals surface area contributed by atoms with Gasteiger partial charge in [-0.1, -0.05) is 11.5 Å². The van der Waals surface area contributed by atoms with Gasteiger partial charge in [-0.25, -0.2) is 9.37 Å². The van der Waals surface area contributed by atoms with E-state index in [-0.39, 0.29) is 11.7 Å². The van der Waals surface area contributed by atoms with Crippen molar-refractivity contribution in [2.45, 2.75) is 0 Å². The molecular weight excluding hydrogens is 244 g/mol. The van der Waals surface area contributed by atoms with Crippen molar-refractivity contribution in [3.05, 3.63) is 42.5 Å². The minimum absolute atomic E-state index is 0.160. The van der Waals surface area contributed by atoms with E-state index in [0.717, 1.165) is 0 Å². The number of nitrogens with zero attached hydrogens (tertiary/aromatic N) is 3. The molecule has 0 spiro atoms. The van der Waals surface area contributed by atoms with Crippen LogP contribution in [0.15, 0.2) is 36.7 Å². The average Bonchev–Trinajstić information content (AvgIpc) is 2.42. The van der Waals surface area contributed by atoms with Crippen LogP contribution in [0.2, 0.25) is 0 Å². The molecule has 6 heteroatoms. The summed E-state index contributed by atoms with van der Waals surface area (Å²) in [6, 6.07) is 6.35. The Morgan fingerprint density at radius 2 is 2.05 bits per heavy atom. The molecule has 0 atom stereocenters. The molecule has 0 bridgehead atoms. The second-order valence-electron chi connectivity index (χ2n) is 4.23. The first kappa shape index (κ1) is 11.6. The van der Waals surface area contributed by atoms with Crippen LogP contribution in [0.4, 0.5) is 4.39 Å². The highest BCUT2D eigenvalue weighted by molar-refractivity contribution is 6.33. The van der Waals surface area contributed by atoms with Gasteiger partial charge in [0.2, 0.25) is 5.88 Å². The second kappa shape index (κ2) is 4.31. The fourth-order valence-corrected chi connectivity index (χ4v) is 1.87. The molecule has 0 saturated carbocycles. The van der Waals surface area contributed by atoms with E-state index < -0.39 is 0 Å². The summed E-state index contributed by atoms with van der Waals surface area (Å²) in [7, 11) is 1.63. The van der Waals surface area contributed by atoms with Crippen LogP contribution in [0.3, 0.4) is 0 Å². The van der Waals surface area contributed by atoms with Gasteiger partial charge < -0.3 is 5.11 Å². The first-order chi connectivity index (χ1) is 9.15. The fourth-order valence-electron chi connectivity index (χ4n) is 1.87. The third-order valence-electron chi connectivity index (χ3n) is 2.88. The van der Waals surface area contributed by atoms with Crippen LogP contribution in [0.1, 0.15) is 0 Å². The summed E-state index contributed by atoms with van der Waals surface area (Å²) in [5, 5.41) is 10.4. The Hall–Kier alpha value is -2.50. The monoisotopic (exact) mass is 253 g/mol. The molecular formula is C13H9BFN3O. The minimum Gasteiger partial charge on any atom is -0.493 e. The third-order valence-corrected chi connectivity index (χ3v) is 2.88. The van der Waals surface area contributed by atoms with Gasteiger partial charge in [-0.15, -0.1) is 0 Å². The Morgan fingerprint density at radius 1 is 1.21 bits per heavy atom. The van der Waals surface area contributed by atoms with E-state index in [1.165, 1.54) is 12.1 Å². The third kappa shape index (κ3) is 2.01. The minimum atomic E-state index is -0.359. The van der Waals surface area contributed by atoms with Crippen LogP contribution in [-0.2, 0) is 0 Å². The lowest BCUT2D eigenvalue weighted by Crippen LogP contribution is -2.08. The van der Waals surface area contributed by atoms with Gasteiger partial charge in [-0.3, -0.25) is 4.98 Å². The van der Waals surface area contributed by atoms with Crippen LogP contribution in [-0.4, -0.2) is 27.9 Å². The van der Waals surface area contributed by atoms with Crippen molar-refractivity contribution in [1.29, 1.82) is 0 Å². The number of benzene rings is 1. The predicted molar refractivity (Wildman–Crippen MR) is 72.6 cm³/mol. The van der Waals surface area contributed by atoms with Gasteiger partial charge in [-0.05, 0) is 18.2 Å². The highest BCUT2D eigenvalue weighted by atomic mass is 19.1. The van der Waals surface area contributed by atoms with E-state index in [2.05, 4.69) is 15.0 Å². The molecule has 1 N–H and O–H groups in total. The average molecular weight is 253 g/mol. The van der Waals surface area contributed by atoms with Crippen molar-refractivity contribution in [2.24, 2.45) is 0 Å². The molecule has 0 aliphatic rings. The van der Waals surface area contributed by atoms with Gasteiger partial charge in [0.1, 0.15) is 13.7 Å². The largest absolute Gasteiger partial charge is 0.493 e. The van der Waals surface area contributed by atoms with E-state index >= 15 is 0 Å². The molecule has 4 nitrogen and oxygen atoms in total. The maximum Gasteiger partial charge on any atom is 0.222 e. The molecule has 0 amide bonds. The summed E-state index contributed by atoms with van der Waals surface area (Å²) in [6.07, 6.45) is 3.22. The van der Waals surface area contributed by atoms with Crippen LogP contribution in [0, 0.1) is 5.82 Å². The van der Waals surface area contributed by atoms with Crippen molar-refractivity contribution in [3.8, 4) is 17.3 Å². The molecule has 0 radical (unpaired) electrons. The molecule has 92 valence electrons. The fraction of sp³-hybridized carbons (Fsp3) is 0. The highest BCUT2D eigenvalue weighted by Crippen LogP contribution is 2.24. The number of halogens is 1. The summed E-state index contributed by atoms with van der Waals surface area (Å²) < 4.78 is 13.6. The number of rotatable bonds is 1. The lowest BCUT2D eigenvalue weighted by Gasteiger charge is -2.06. The topological polar surface area (TPSA) is 58.9 Å². The number of hydrogen-bond donors (Lipinski definition) is 1. The molecule has 1 aromatic carbocycles. The van der Waals surface area contributed by atoms with Gasteiger partial charge >= 0.3 is 0 Å². The van der Waals surface area contributed by atoms with Gasteiger partial charge in [0.25, 0.3) is 0 Å². The SMILES string of the molecule is Bc1cc2c(O)nc(-c3cccnc3)nc2cc1F. The van der Waals surface area contributed by atoms with E-state index in [0.29, 0.717) is 27.8 Å². The van der Waals surface area contributed by atoms with Gasteiger partial charge in [0, 0.05) is 18.0 Å². The quantitative estimate of drug-likeness (QED) is 0.651. The van der Waals surface area contributed by atoms with Crippen LogP contribution >= 0.6 is 0 Å². The van der Waals surface area contributed by atoms with Crippen LogP contribution in [0.25, 0.3) is 22.3 Å². The predicted octanol–water partition coefficient (Wildman–Crippen LogP) is 0.795. The molecule has 2 aromatic heterocycles. The van der Waals surface area contributed by atoms with Crippen molar-refractivity contribution >= 4 is 24.2 Å². The Morgan fingerprint density at radius 3 is 2.79 bits per heavy atom. The lowest BCUT2D eigenvalue weighted by molar-refractivity contribution is 0.460. The molecule has 0 saturated heterocycles. The Bertz CT molecular complexity index is 765.